The molecular weight excluding hydrogens is 381 g/mol. The predicted molar refractivity (Wildman–Crippen MR) is 118 cm³/mol. The Hall–Kier alpha value is -2.17. The van der Waals surface area contributed by atoms with E-state index in [1.807, 2.05) is 13.8 Å². The summed E-state index contributed by atoms with van der Waals surface area (Å²) in [6.45, 7) is 4.59. The Morgan fingerprint density at radius 2 is 1.83 bits per heavy atom. The first kappa shape index (κ1) is 24.1. The van der Waals surface area contributed by atoms with Crippen LogP contribution in [-0.4, -0.2) is 36.5 Å². The molecule has 1 amide bonds. The summed E-state index contributed by atoms with van der Waals surface area (Å²) in [6, 6.07) is 4.32. The Labute approximate surface area is 180 Å². The van der Waals surface area contributed by atoms with Crippen molar-refractivity contribution in [3.63, 3.8) is 0 Å². The summed E-state index contributed by atoms with van der Waals surface area (Å²) in [5.74, 6) is -0.606. The van der Waals surface area contributed by atoms with Gasteiger partial charge in [-0.3, -0.25) is 4.79 Å². The third-order valence-corrected chi connectivity index (χ3v) is 5.84. The largest absolute Gasteiger partial charge is 0.467 e. The van der Waals surface area contributed by atoms with Gasteiger partial charge in [0.05, 0.1) is 13.5 Å². The lowest BCUT2D eigenvalue weighted by molar-refractivity contribution is -0.153. The van der Waals surface area contributed by atoms with E-state index in [0.717, 1.165) is 68.1 Å². The third kappa shape index (κ3) is 6.41. The van der Waals surface area contributed by atoms with Crippen molar-refractivity contribution in [2.24, 2.45) is 0 Å². The van der Waals surface area contributed by atoms with Crippen molar-refractivity contribution in [2.45, 2.75) is 84.1 Å². The SMILES string of the molecule is CC.COC(=O)[C@@H]1CCCCCCCN1C(=O)CC1=CCCCc2cc(F)ccc21. The second-order valence-electron chi connectivity index (χ2n) is 7.78. The van der Waals surface area contributed by atoms with E-state index in [0.29, 0.717) is 13.0 Å². The molecule has 1 atom stereocenters. The van der Waals surface area contributed by atoms with Crippen molar-refractivity contribution in [2.75, 3.05) is 13.7 Å². The van der Waals surface area contributed by atoms with Crippen molar-refractivity contribution >= 4 is 17.4 Å². The quantitative estimate of drug-likeness (QED) is 0.594. The van der Waals surface area contributed by atoms with Crippen LogP contribution in [0.5, 0.6) is 0 Å². The number of carbonyl (C=O) groups excluding carboxylic acids is 2. The van der Waals surface area contributed by atoms with Crippen molar-refractivity contribution in [3.05, 3.63) is 41.2 Å². The van der Waals surface area contributed by atoms with Crippen molar-refractivity contribution < 1.29 is 18.7 Å². The molecule has 3 rings (SSSR count). The Bertz CT molecular complexity index is 744. The number of halogens is 1. The van der Waals surface area contributed by atoms with Crippen molar-refractivity contribution in [3.8, 4) is 0 Å². The normalized spacial score (nSPS) is 19.5. The number of methoxy groups -OCH3 is 1. The average molecular weight is 418 g/mol. The highest BCUT2D eigenvalue weighted by Crippen LogP contribution is 2.30. The number of nitrogens with zero attached hydrogens (tertiary/aromatic N) is 1. The highest BCUT2D eigenvalue weighted by molar-refractivity contribution is 5.92. The van der Waals surface area contributed by atoms with E-state index in [4.69, 9.17) is 4.74 Å². The van der Waals surface area contributed by atoms with Crippen LogP contribution in [0.4, 0.5) is 4.39 Å². The lowest BCUT2D eigenvalue weighted by Gasteiger charge is -2.30. The highest BCUT2D eigenvalue weighted by Gasteiger charge is 2.31. The molecule has 4 nitrogen and oxygen atoms in total. The Morgan fingerprint density at radius 3 is 2.60 bits per heavy atom. The fraction of sp³-hybridized carbons (Fsp3) is 0.600. The monoisotopic (exact) mass is 417 g/mol. The van der Waals surface area contributed by atoms with Crippen LogP contribution >= 0.6 is 0 Å². The molecule has 1 aromatic carbocycles. The van der Waals surface area contributed by atoms with Gasteiger partial charge in [-0.15, -0.1) is 0 Å². The maximum Gasteiger partial charge on any atom is 0.328 e. The zero-order valence-corrected chi connectivity index (χ0v) is 18.7. The maximum atomic E-state index is 13.7. The van der Waals surface area contributed by atoms with Crippen LogP contribution in [0.25, 0.3) is 5.57 Å². The van der Waals surface area contributed by atoms with Gasteiger partial charge in [0.1, 0.15) is 11.9 Å². The van der Waals surface area contributed by atoms with Gasteiger partial charge in [-0.1, -0.05) is 51.7 Å². The number of fused-ring (bicyclic) bond motifs is 1. The standard InChI is InChI=1S/C23H30FNO3.C2H6/c1-28-23(27)21-11-5-3-2-4-8-14-25(21)22(26)16-18-10-7-6-9-17-15-19(24)12-13-20(17)18;1-2/h10,12-13,15,21H,2-9,11,14,16H2,1H3;1-2H3/t21-;/m0./s1. The molecule has 1 saturated heterocycles. The fourth-order valence-electron chi connectivity index (χ4n) is 4.33. The first-order valence-corrected chi connectivity index (χ1v) is 11.5. The average Bonchev–Trinajstić information content (AvgIpc) is 2.86. The molecule has 0 bridgehead atoms. The third-order valence-electron chi connectivity index (χ3n) is 5.84. The first-order chi connectivity index (χ1) is 14.6. The lowest BCUT2D eigenvalue weighted by atomic mass is 9.96. The van der Waals surface area contributed by atoms with Crippen LogP contribution in [0.3, 0.4) is 0 Å². The molecule has 166 valence electrons. The number of esters is 1. The molecule has 0 aromatic heterocycles. The molecule has 0 saturated carbocycles. The van der Waals surface area contributed by atoms with E-state index in [2.05, 4.69) is 6.08 Å². The Balaban J connectivity index is 0.00000155. The van der Waals surface area contributed by atoms with E-state index in [-0.39, 0.29) is 24.1 Å². The summed E-state index contributed by atoms with van der Waals surface area (Å²) in [5, 5.41) is 0. The number of aryl methyl sites for hydroxylation is 1. The summed E-state index contributed by atoms with van der Waals surface area (Å²) in [6.07, 6.45) is 10.8. The number of hydrogen-bond acceptors (Lipinski definition) is 3. The van der Waals surface area contributed by atoms with Crippen LogP contribution in [0.1, 0.15) is 82.8 Å². The second kappa shape index (κ2) is 12.5. The molecule has 1 fully saturated rings. The van der Waals surface area contributed by atoms with Gasteiger partial charge in [0.25, 0.3) is 0 Å². The van der Waals surface area contributed by atoms with E-state index in [1.165, 1.54) is 13.2 Å². The molecule has 30 heavy (non-hydrogen) atoms. The number of ether oxygens (including phenoxy) is 1. The van der Waals surface area contributed by atoms with E-state index in [9.17, 15) is 14.0 Å². The summed E-state index contributed by atoms with van der Waals surface area (Å²) in [5.41, 5.74) is 2.87. The van der Waals surface area contributed by atoms with Gasteiger partial charge in [-0.2, -0.15) is 0 Å². The Kier molecular flexibility index (Phi) is 10.0. The zero-order chi connectivity index (χ0) is 21.9. The minimum atomic E-state index is -0.505. The molecule has 0 N–H and O–H groups in total. The molecule has 2 aliphatic rings. The topological polar surface area (TPSA) is 46.6 Å². The molecular formula is C25H36FNO3. The molecule has 0 unspecified atom stereocenters. The Morgan fingerprint density at radius 1 is 1.10 bits per heavy atom. The first-order valence-electron chi connectivity index (χ1n) is 11.5. The van der Waals surface area contributed by atoms with Crippen molar-refractivity contribution in [1.82, 2.24) is 4.90 Å². The number of amides is 1. The second-order valence-corrected chi connectivity index (χ2v) is 7.78. The molecule has 0 spiro atoms. The molecule has 1 aromatic rings. The summed E-state index contributed by atoms with van der Waals surface area (Å²) in [7, 11) is 1.39. The number of hydrogen-bond donors (Lipinski definition) is 0. The summed E-state index contributed by atoms with van der Waals surface area (Å²) >= 11 is 0. The van der Waals surface area contributed by atoms with E-state index in [1.54, 1.807) is 17.0 Å². The van der Waals surface area contributed by atoms with Crippen LogP contribution < -0.4 is 0 Å². The lowest BCUT2D eigenvalue weighted by Crippen LogP contribution is -2.46. The zero-order valence-electron chi connectivity index (χ0n) is 18.7. The maximum absolute atomic E-state index is 13.7. The fourth-order valence-corrected chi connectivity index (χ4v) is 4.33. The van der Waals surface area contributed by atoms with Gasteiger partial charge in [0.15, 0.2) is 0 Å². The number of allylic oxidation sites excluding steroid dienone is 1. The molecule has 5 heteroatoms. The van der Waals surface area contributed by atoms with Crippen LogP contribution in [0.15, 0.2) is 24.3 Å². The van der Waals surface area contributed by atoms with Gasteiger partial charge in [0.2, 0.25) is 5.91 Å². The highest BCUT2D eigenvalue weighted by atomic mass is 19.1. The van der Waals surface area contributed by atoms with Gasteiger partial charge in [-0.25, -0.2) is 9.18 Å². The molecule has 1 aliphatic heterocycles. The minimum absolute atomic E-state index is 0.0410. The van der Waals surface area contributed by atoms with Crippen molar-refractivity contribution in [1.29, 1.82) is 0 Å². The molecule has 1 aliphatic carbocycles. The van der Waals surface area contributed by atoms with Crippen LogP contribution in [0, 0.1) is 5.82 Å². The van der Waals surface area contributed by atoms with Gasteiger partial charge < -0.3 is 9.64 Å². The summed E-state index contributed by atoms with van der Waals surface area (Å²) in [4.78, 5) is 27.4. The van der Waals surface area contributed by atoms with Gasteiger partial charge in [-0.05, 0) is 60.9 Å². The smallest absolute Gasteiger partial charge is 0.328 e. The molecule has 1 heterocycles. The number of benzene rings is 1. The minimum Gasteiger partial charge on any atom is -0.467 e. The van der Waals surface area contributed by atoms with Crippen LogP contribution in [0.2, 0.25) is 0 Å². The summed E-state index contributed by atoms with van der Waals surface area (Å²) < 4.78 is 18.7. The number of carbonyl (C=O) groups is 2. The predicted octanol–water partition coefficient (Wildman–Crippen LogP) is 5.69. The number of rotatable bonds is 3. The van der Waals surface area contributed by atoms with Gasteiger partial charge in [0, 0.05) is 6.54 Å². The van der Waals surface area contributed by atoms with Crippen LogP contribution in [-0.2, 0) is 20.7 Å². The van der Waals surface area contributed by atoms with E-state index >= 15 is 0 Å². The van der Waals surface area contributed by atoms with E-state index < -0.39 is 6.04 Å². The molecule has 0 radical (unpaired) electrons. The van der Waals surface area contributed by atoms with Gasteiger partial charge >= 0.3 is 5.97 Å².